The minimum absolute atomic E-state index is 0.322. The van der Waals surface area contributed by atoms with Crippen molar-refractivity contribution in [2.24, 2.45) is 0 Å². The first kappa shape index (κ1) is 21.6. The summed E-state index contributed by atoms with van der Waals surface area (Å²) < 4.78 is 0. The van der Waals surface area contributed by atoms with Gasteiger partial charge in [0, 0.05) is 36.0 Å². The van der Waals surface area contributed by atoms with Gasteiger partial charge in [-0.25, -0.2) is 0 Å². The van der Waals surface area contributed by atoms with Crippen LogP contribution in [0.25, 0.3) is 64.6 Å². The Hall–Kier alpha value is -5.36. The summed E-state index contributed by atoms with van der Waals surface area (Å²) in [5.74, 6) is -1.30. The van der Waals surface area contributed by atoms with Crippen LogP contribution in [0.2, 0.25) is 0 Å². The van der Waals surface area contributed by atoms with Gasteiger partial charge in [-0.1, -0.05) is 60.7 Å². The molecule has 4 amide bonds. The van der Waals surface area contributed by atoms with Crippen molar-refractivity contribution in [2.75, 3.05) is 14.1 Å². The van der Waals surface area contributed by atoms with Gasteiger partial charge in [-0.3, -0.25) is 29.0 Å². The third-order valence-corrected chi connectivity index (χ3v) is 8.99. The summed E-state index contributed by atoms with van der Waals surface area (Å²) in [4.78, 5) is 56.5. The Labute approximate surface area is 226 Å². The lowest BCUT2D eigenvalue weighted by atomic mass is 9.78. The van der Waals surface area contributed by atoms with E-state index < -0.39 is 0 Å². The van der Waals surface area contributed by atoms with Crippen molar-refractivity contribution in [1.82, 2.24) is 9.80 Å². The van der Waals surface area contributed by atoms with E-state index in [-0.39, 0.29) is 23.6 Å². The molecule has 188 valence electrons. The predicted octanol–water partition coefficient (Wildman–Crippen LogP) is 6.50. The molecule has 0 unspecified atom stereocenters. The topological polar surface area (TPSA) is 74.8 Å². The molecule has 6 heteroatoms. The number of fused-ring (bicyclic) bond motifs is 8. The third-order valence-electron chi connectivity index (χ3n) is 8.99. The highest BCUT2D eigenvalue weighted by Gasteiger charge is 2.37. The fourth-order valence-corrected chi connectivity index (χ4v) is 7.28. The van der Waals surface area contributed by atoms with Gasteiger partial charge < -0.3 is 0 Å². The van der Waals surface area contributed by atoms with Crippen molar-refractivity contribution in [3.8, 4) is 0 Å². The van der Waals surface area contributed by atoms with Gasteiger partial charge in [0.25, 0.3) is 23.6 Å². The van der Waals surface area contributed by atoms with Crippen molar-refractivity contribution in [3.63, 3.8) is 0 Å². The first-order chi connectivity index (χ1) is 19.4. The van der Waals surface area contributed by atoms with E-state index in [1.807, 2.05) is 72.8 Å². The van der Waals surface area contributed by atoms with Crippen molar-refractivity contribution < 1.29 is 19.2 Å². The molecule has 0 fully saturated rings. The lowest BCUT2D eigenvalue weighted by Gasteiger charge is -2.30. The van der Waals surface area contributed by atoms with Gasteiger partial charge in [0.15, 0.2) is 0 Å². The molecule has 40 heavy (non-hydrogen) atoms. The van der Waals surface area contributed by atoms with Crippen LogP contribution in [0.1, 0.15) is 41.4 Å². The van der Waals surface area contributed by atoms with E-state index in [2.05, 4.69) is 0 Å². The standard InChI is InChI=1S/C34H18N2O4/c1-35-31(37)21-13-11-19-24-16-8-4-6-10-18(16)30-28-22(32(38)36(2)34(30)40)14-12-20(26(24)28)23-15-7-3-5-9-17(15)29(33(35)39)27(21)25(19)23/h3-14H,1-2H3. The molecule has 0 atom stereocenters. The number of hydrogen-bond donors (Lipinski definition) is 0. The van der Waals surface area contributed by atoms with E-state index >= 15 is 0 Å². The van der Waals surface area contributed by atoms with Crippen LogP contribution >= 0.6 is 0 Å². The molecule has 0 aromatic heterocycles. The summed E-state index contributed by atoms with van der Waals surface area (Å²) in [6, 6.07) is 23.1. The Morgan fingerprint density at radius 2 is 0.750 bits per heavy atom. The maximum atomic E-state index is 13.7. The molecule has 0 aliphatic carbocycles. The van der Waals surface area contributed by atoms with E-state index in [1.54, 1.807) is 0 Å². The lowest BCUT2D eigenvalue weighted by Crippen LogP contribution is -2.37. The largest absolute Gasteiger partial charge is 0.277 e. The van der Waals surface area contributed by atoms with Crippen LogP contribution in [-0.2, 0) is 0 Å². The molecule has 0 spiro atoms. The summed E-state index contributed by atoms with van der Waals surface area (Å²) >= 11 is 0. The molecular weight excluding hydrogens is 500 g/mol. The Kier molecular flexibility index (Phi) is 3.66. The summed E-state index contributed by atoms with van der Waals surface area (Å²) in [5.41, 5.74) is 2.04. The number of carbonyl (C=O) groups is 4. The molecule has 0 saturated carbocycles. The highest BCUT2D eigenvalue weighted by Crippen LogP contribution is 2.51. The second kappa shape index (κ2) is 6.79. The van der Waals surface area contributed by atoms with Crippen molar-refractivity contribution in [1.29, 1.82) is 0 Å². The van der Waals surface area contributed by atoms with Gasteiger partial charge in [-0.15, -0.1) is 0 Å². The van der Waals surface area contributed by atoms with Gasteiger partial charge in [-0.05, 0) is 66.0 Å². The van der Waals surface area contributed by atoms with Crippen LogP contribution in [0.3, 0.4) is 0 Å². The Morgan fingerprint density at radius 1 is 0.375 bits per heavy atom. The van der Waals surface area contributed by atoms with Crippen molar-refractivity contribution in [2.45, 2.75) is 0 Å². The number of rotatable bonds is 0. The molecule has 2 heterocycles. The maximum absolute atomic E-state index is 13.7. The summed E-state index contributed by atoms with van der Waals surface area (Å²) in [7, 11) is 3.05. The number of carbonyl (C=O) groups excluding carboxylic acids is 4. The van der Waals surface area contributed by atoms with Crippen molar-refractivity contribution in [3.05, 3.63) is 95.1 Å². The minimum Gasteiger partial charge on any atom is -0.277 e. The van der Waals surface area contributed by atoms with Crippen LogP contribution in [0, 0.1) is 0 Å². The quantitative estimate of drug-likeness (QED) is 0.131. The van der Waals surface area contributed by atoms with Gasteiger partial charge in [0.1, 0.15) is 0 Å². The van der Waals surface area contributed by atoms with Crippen LogP contribution in [0.15, 0.2) is 72.8 Å². The smallest absolute Gasteiger partial charge is 0.261 e. The number of benzene rings is 7. The molecule has 0 saturated heterocycles. The molecule has 6 nitrogen and oxygen atoms in total. The van der Waals surface area contributed by atoms with Crippen molar-refractivity contribution >= 4 is 88.3 Å². The first-order valence-corrected chi connectivity index (χ1v) is 13.1. The normalized spacial score (nSPS) is 15.3. The first-order valence-electron chi connectivity index (χ1n) is 13.1. The SMILES string of the molecule is CN1C(=O)c2ccc3c4c2c(c2ccccc2c4c2ccc4c5c(c6ccccc6c3c52)C(=O)N(C)C4=O)C1=O. The Balaban J connectivity index is 1.71. The van der Waals surface area contributed by atoms with E-state index in [0.717, 1.165) is 53.9 Å². The fourth-order valence-electron chi connectivity index (χ4n) is 7.28. The van der Waals surface area contributed by atoms with Gasteiger partial charge in [0.2, 0.25) is 0 Å². The molecular formula is C34H18N2O4. The predicted molar refractivity (Wildman–Crippen MR) is 156 cm³/mol. The van der Waals surface area contributed by atoms with E-state index in [0.29, 0.717) is 33.0 Å². The zero-order valence-electron chi connectivity index (χ0n) is 21.5. The van der Waals surface area contributed by atoms with Crippen LogP contribution < -0.4 is 0 Å². The zero-order valence-corrected chi connectivity index (χ0v) is 21.5. The minimum atomic E-state index is -0.328. The molecule has 0 radical (unpaired) electrons. The molecule has 0 bridgehead atoms. The second-order valence-corrected chi connectivity index (χ2v) is 10.8. The molecule has 2 aliphatic rings. The summed E-state index contributed by atoms with van der Waals surface area (Å²) in [6.07, 6.45) is 0. The number of nitrogens with zero attached hydrogens (tertiary/aromatic N) is 2. The molecule has 2 aliphatic heterocycles. The Morgan fingerprint density at radius 3 is 1.15 bits per heavy atom. The Bertz CT molecular complexity index is 2270. The molecule has 9 rings (SSSR count). The highest BCUT2D eigenvalue weighted by atomic mass is 16.2. The molecule has 0 N–H and O–H groups in total. The second-order valence-electron chi connectivity index (χ2n) is 10.8. The van der Waals surface area contributed by atoms with Gasteiger partial charge in [0.05, 0.1) is 11.1 Å². The highest BCUT2D eigenvalue weighted by molar-refractivity contribution is 6.49. The number of imide groups is 2. The maximum Gasteiger partial charge on any atom is 0.261 e. The number of amides is 4. The third kappa shape index (κ3) is 2.17. The average molecular weight is 519 g/mol. The lowest BCUT2D eigenvalue weighted by molar-refractivity contribution is 0.0636. The fraction of sp³-hybridized carbons (Fsp3) is 0.0588. The van der Waals surface area contributed by atoms with Crippen LogP contribution in [0.5, 0.6) is 0 Å². The molecule has 7 aromatic carbocycles. The van der Waals surface area contributed by atoms with Crippen LogP contribution in [-0.4, -0.2) is 47.5 Å². The summed E-state index contributed by atoms with van der Waals surface area (Å²) in [6.45, 7) is 0. The number of hydrogen-bond acceptors (Lipinski definition) is 4. The summed E-state index contributed by atoms with van der Waals surface area (Å²) in [5, 5.41) is 9.95. The van der Waals surface area contributed by atoms with Gasteiger partial charge >= 0.3 is 0 Å². The average Bonchev–Trinajstić information content (AvgIpc) is 2.98. The van der Waals surface area contributed by atoms with E-state index in [1.165, 1.54) is 23.9 Å². The van der Waals surface area contributed by atoms with Gasteiger partial charge in [-0.2, -0.15) is 0 Å². The molecule has 7 aromatic rings. The van der Waals surface area contributed by atoms with Crippen LogP contribution in [0.4, 0.5) is 0 Å². The van der Waals surface area contributed by atoms with E-state index in [9.17, 15) is 19.2 Å². The van der Waals surface area contributed by atoms with E-state index in [4.69, 9.17) is 0 Å². The monoisotopic (exact) mass is 518 g/mol. The zero-order chi connectivity index (χ0) is 27.2.